The molecule has 4 nitrogen and oxygen atoms in total. The van der Waals surface area contributed by atoms with Crippen LogP contribution in [0.5, 0.6) is 0 Å². The summed E-state index contributed by atoms with van der Waals surface area (Å²) in [7, 11) is 1.67. The van der Waals surface area contributed by atoms with Gasteiger partial charge in [0.05, 0.1) is 18.6 Å². The molecule has 166 valence electrons. The SMILES string of the molecule is C/C=C/C/C(C)=C\[C@H]1C/C=C/C=C/C[C@H](C)/C=C/[C@@H](OC)C/C=C/[C@@H](O)CC(=O)O1. The molecular weight excluding hydrogens is 376 g/mol. The molecular formula is C26H38O4. The molecule has 1 heterocycles. The maximum atomic E-state index is 12.3. The first-order valence-electron chi connectivity index (χ1n) is 10.8. The summed E-state index contributed by atoms with van der Waals surface area (Å²) in [5.74, 6) is 0.000893. The number of carbonyl (C=O) groups excluding carboxylic acids is 1. The Morgan fingerprint density at radius 2 is 1.90 bits per heavy atom. The van der Waals surface area contributed by atoms with Crippen molar-refractivity contribution >= 4 is 5.97 Å². The van der Waals surface area contributed by atoms with E-state index in [4.69, 9.17) is 9.47 Å². The monoisotopic (exact) mass is 414 g/mol. The number of carbonyl (C=O) groups is 1. The molecule has 0 saturated heterocycles. The van der Waals surface area contributed by atoms with Crippen molar-refractivity contribution in [3.63, 3.8) is 0 Å². The Morgan fingerprint density at radius 3 is 2.60 bits per heavy atom. The number of ether oxygens (including phenoxy) is 2. The number of esters is 1. The summed E-state index contributed by atoms with van der Waals surface area (Å²) in [6, 6.07) is 0. The molecule has 0 bridgehead atoms. The molecule has 0 aliphatic carbocycles. The highest BCUT2D eigenvalue weighted by Gasteiger charge is 2.14. The maximum Gasteiger partial charge on any atom is 0.309 e. The molecule has 0 fully saturated rings. The molecule has 0 spiro atoms. The molecule has 0 unspecified atom stereocenters. The van der Waals surface area contributed by atoms with Crippen molar-refractivity contribution in [3.05, 3.63) is 72.4 Å². The first kappa shape index (κ1) is 25.9. The Hall–Kier alpha value is -2.17. The second kappa shape index (κ2) is 15.6. The van der Waals surface area contributed by atoms with E-state index in [0.29, 0.717) is 18.8 Å². The zero-order chi connectivity index (χ0) is 22.2. The van der Waals surface area contributed by atoms with E-state index >= 15 is 0 Å². The van der Waals surface area contributed by atoms with Gasteiger partial charge in [-0.3, -0.25) is 4.79 Å². The first-order valence-corrected chi connectivity index (χ1v) is 10.8. The summed E-state index contributed by atoms with van der Waals surface area (Å²) >= 11 is 0. The molecule has 1 N–H and O–H groups in total. The van der Waals surface area contributed by atoms with Gasteiger partial charge < -0.3 is 14.6 Å². The van der Waals surface area contributed by atoms with Gasteiger partial charge in [-0.1, -0.05) is 73.3 Å². The normalized spacial score (nSPS) is 32.0. The van der Waals surface area contributed by atoms with Crippen molar-refractivity contribution in [1.29, 1.82) is 0 Å². The topological polar surface area (TPSA) is 55.8 Å². The molecule has 0 aromatic rings. The fourth-order valence-electron chi connectivity index (χ4n) is 2.97. The number of aliphatic hydroxyl groups is 1. The lowest BCUT2D eigenvalue weighted by atomic mass is 10.0. The van der Waals surface area contributed by atoms with Crippen LogP contribution in [0.15, 0.2) is 72.4 Å². The maximum absolute atomic E-state index is 12.3. The number of hydrogen-bond donors (Lipinski definition) is 1. The number of rotatable bonds is 4. The van der Waals surface area contributed by atoms with E-state index in [-0.39, 0.29) is 18.6 Å². The van der Waals surface area contributed by atoms with Gasteiger partial charge in [-0.05, 0) is 45.1 Å². The average Bonchev–Trinajstić information content (AvgIpc) is 2.70. The van der Waals surface area contributed by atoms with E-state index in [0.717, 1.165) is 18.4 Å². The molecule has 1 aliphatic rings. The molecule has 0 radical (unpaired) electrons. The lowest BCUT2D eigenvalue weighted by Crippen LogP contribution is -2.20. The Labute approximate surface area is 182 Å². The van der Waals surface area contributed by atoms with E-state index in [1.807, 2.05) is 50.3 Å². The summed E-state index contributed by atoms with van der Waals surface area (Å²) in [4.78, 5) is 12.3. The van der Waals surface area contributed by atoms with E-state index < -0.39 is 12.1 Å². The van der Waals surface area contributed by atoms with Crippen LogP contribution in [0.3, 0.4) is 0 Å². The zero-order valence-electron chi connectivity index (χ0n) is 18.9. The van der Waals surface area contributed by atoms with Crippen LogP contribution in [0.2, 0.25) is 0 Å². The predicted molar refractivity (Wildman–Crippen MR) is 124 cm³/mol. The highest BCUT2D eigenvalue weighted by atomic mass is 16.5. The summed E-state index contributed by atoms with van der Waals surface area (Å²) in [5, 5.41) is 10.2. The van der Waals surface area contributed by atoms with Crippen molar-refractivity contribution in [3.8, 4) is 0 Å². The largest absolute Gasteiger partial charge is 0.458 e. The average molecular weight is 415 g/mol. The lowest BCUT2D eigenvalue weighted by Gasteiger charge is -2.15. The molecule has 4 heteroatoms. The number of allylic oxidation sites excluding steroid dienone is 7. The Kier molecular flexibility index (Phi) is 13.5. The van der Waals surface area contributed by atoms with Crippen LogP contribution in [-0.2, 0) is 14.3 Å². The Morgan fingerprint density at radius 1 is 1.17 bits per heavy atom. The minimum atomic E-state index is -0.871. The zero-order valence-corrected chi connectivity index (χ0v) is 18.9. The molecule has 1 aliphatic heterocycles. The minimum absolute atomic E-state index is 0.0553. The van der Waals surface area contributed by atoms with Gasteiger partial charge in [-0.2, -0.15) is 0 Å². The minimum Gasteiger partial charge on any atom is -0.458 e. The fourth-order valence-corrected chi connectivity index (χ4v) is 2.97. The van der Waals surface area contributed by atoms with Crippen molar-refractivity contribution < 1.29 is 19.4 Å². The third kappa shape index (κ3) is 12.4. The molecule has 0 saturated carbocycles. The molecule has 4 atom stereocenters. The van der Waals surface area contributed by atoms with Crippen LogP contribution in [0.25, 0.3) is 0 Å². The number of hydrogen-bond acceptors (Lipinski definition) is 4. The number of aliphatic hydroxyl groups excluding tert-OH is 1. The van der Waals surface area contributed by atoms with Crippen LogP contribution in [-0.4, -0.2) is 36.5 Å². The van der Waals surface area contributed by atoms with E-state index in [1.165, 1.54) is 0 Å². The van der Waals surface area contributed by atoms with Crippen LogP contribution in [0.1, 0.15) is 52.9 Å². The first-order chi connectivity index (χ1) is 14.4. The van der Waals surface area contributed by atoms with Crippen LogP contribution in [0.4, 0.5) is 0 Å². The van der Waals surface area contributed by atoms with Gasteiger partial charge in [0.25, 0.3) is 0 Å². The summed E-state index contributed by atoms with van der Waals surface area (Å²) < 4.78 is 11.1. The van der Waals surface area contributed by atoms with Gasteiger partial charge in [0.2, 0.25) is 0 Å². The van der Waals surface area contributed by atoms with E-state index in [2.05, 4.69) is 31.2 Å². The van der Waals surface area contributed by atoms with Crippen molar-refractivity contribution in [1.82, 2.24) is 0 Å². The van der Waals surface area contributed by atoms with Gasteiger partial charge in [0.1, 0.15) is 6.10 Å². The highest BCUT2D eigenvalue weighted by molar-refractivity contribution is 5.70. The quantitative estimate of drug-likeness (QED) is 0.479. The molecule has 0 aromatic heterocycles. The second-order valence-electron chi connectivity index (χ2n) is 7.71. The van der Waals surface area contributed by atoms with Crippen LogP contribution in [0, 0.1) is 5.92 Å². The summed E-state index contributed by atoms with van der Waals surface area (Å²) in [6.45, 7) is 6.18. The molecule has 30 heavy (non-hydrogen) atoms. The summed E-state index contributed by atoms with van der Waals surface area (Å²) in [6.07, 6.45) is 23.6. The van der Waals surface area contributed by atoms with Gasteiger partial charge in [0, 0.05) is 13.5 Å². The van der Waals surface area contributed by atoms with Crippen molar-refractivity contribution in [2.24, 2.45) is 5.92 Å². The number of cyclic esters (lactones) is 1. The van der Waals surface area contributed by atoms with Crippen molar-refractivity contribution in [2.75, 3.05) is 7.11 Å². The smallest absolute Gasteiger partial charge is 0.309 e. The van der Waals surface area contributed by atoms with Gasteiger partial charge >= 0.3 is 5.97 Å². The second-order valence-corrected chi connectivity index (χ2v) is 7.71. The summed E-state index contributed by atoms with van der Waals surface area (Å²) in [5.41, 5.74) is 1.14. The van der Waals surface area contributed by atoms with Gasteiger partial charge in [-0.15, -0.1) is 0 Å². The Bertz CT molecular complexity index is 667. The third-order valence-corrected chi connectivity index (χ3v) is 4.75. The lowest BCUT2D eigenvalue weighted by molar-refractivity contribution is -0.148. The molecule has 1 rings (SSSR count). The number of methoxy groups -OCH3 is 1. The van der Waals surface area contributed by atoms with Crippen LogP contribution >= 0.6 is 0 Å². The predicted octanol–water partition coefficient (Wildman–Crippen LogP) is 5.62. The molecule has 0 amide bonds. The van der Waals surface area contributed by atoms with E-state index in [1.54, 1.807) is 13.2 Å². The fraction of sp³-hybridized carbons (Fsp3) is 0.500. The Balaban J connectivity index is 2.94. The van der Waals surface area contributed by atoms with E-state index in [9.17, 15) is 9.90 Å². The van der Waals surface area contributed by atoms with Crippen molar-refractivity contribution in [2.45, 2.75) is 71.2 Å². The third-order valence-electron chi connectivity index (χ3n) is 4.75. The highest BCUT2D eigenvalue weighted by Crippen LogP contribution is 2.13. The van der Waals surface area contributed by atoms with Gasteiger partial charge in [0.15, 0.2) is 0 Å². The molecule has 0 aromatic carbocycles. The standard InChI is InChI=1S/C26H38O4/c1-5-6-12-22(3)19-25-15-10-8-7-9-13-21(2)17-18-24(29-4)16-11-14-23(27)20-26(28)30-25/h5-11,14,17-19,21,23-25,27H,12-13,15-16,20H2,1-4H3/b6-5+,9-7+,10-8+,14-11+,18-17+,22-19-/t21-,23+,24-,25+/m0/s1. The van der Waals surface area contributed by atoms with Gasteiger partial charge in [-0.25, -0.2) is 0 Å². The van der Waals surface area contributed by atoms with Crippen LogP contribution < -0.4 is 0 Å².